The van der Waals surface area contributed by atoms with Gasteiger partial charge in [0.1, 0.15) is 5.54 Å². The number of carbonyl (C=O) groups is 3. The van der Waals surface area contributed by atoms with Crippen molar-refractivity contribution in [1.29, 1.82) is 0 Å². The van der Waals surface area contributed by atoms with Crippen LogP contribution in [0, 0.1) is 11.8 Å². The van der Waals surface area contributed by atoms with Crippen molar-refractivity contribution in [3.05, 3.63) is 59.1 Å². The van der Waals surface area contributed by atoms with Gasteiger partial charge in [0, 0.05) is 22.3 Å². The van der Waals surface area contributed by atoms with Gasteiger partial charge in [-0.25, -0.2) is 4.90 Å². The number of amides is 3. The van der Waals surface area contributed by atoms with E-state index in [1.54, 1.807) is 24.3 Å². The number of fused-ring (bicyclic) bond motifs is 7. The summed E-state index contributed by atoms with van der Waals surface area (Å²) in [6.45, 7) is 0.709. The predicted molar refractivity (Wildman–Crippen MR) is 107 cm³/mol. The molecule has 0 aliphatic carbocycles. The molecule has 0 aromatic heterocycles. The fourth-order valence-corrected chi connectivity index (χ4v) is 6.13. The minimum atomic E-state index is -1.11. The van der Waals surface area contributed by atoms with Crippen LogP contribution in [0.1, 0.15) is 18.4 Å². The lowest BCUT2D eigenvalue weighted by molar-refractivity contribution is -0.135. The minimum absolute atomic E-state index is 0.106. The van der Waals surface area contributed by atoms with Crippen LogP contribution in [0.3, 0.4) is 0 Å². The Labute approximate surface area is 172 Å². The molecule has 3 saturated heterocycles. The summed E-state index contributed by atoms with van der Waals surface area (Å²) in [4.78, 5) is 44.0. The highest BCUT2D eigenvalue weighted by atomic mass is 35.5. The minimum Gasteiger partial charge on any atom is -0.324 e. The first-order valence-corrected chi connectivity index (χ1v) is 10.2. The summed E-state index contributed by atoms with van der Waals surface area (Å²) in [6.07, 6.45) is 1.72. The molecule has 0 radical (unpaired) electrons. The Balaban J connectivity index is 1.55. The van der Waals surface area contributed by atoms with Crippen molar-refractivity contribution in [1.82, 2.24) is 4.90 Å². The quantitative estimate of drug-likeness (QED) is 0.738. The molecule has 7 heteroatoms. The van der Waals surface area contributed by atoms with Gasteiger partial charge in [0.25, 0.3) is 0 Å². The number of anilines is 2. The van der Waals surface area contributed by atoms with E-state index >= 15 is 0 Å². The third kappa shape index (κ3) is 1.93. The lowest BCUT2D eigenvalue weighted by Crippen LogP contribution is -2.54. The third-order valence-corrected chi connectivity index (χ3v) is 7.24. The molecule has 6 rings (SSSR count). The SMILES string of the molecule is O=C1[C@@H]2[C@@H]3CCCN3[C@@]3(C(=O)Nc4ccccc43)[C@H]2C(=O)N1c1ccc(Cl)cc1. The van der Waals surface area contributed by atoms with Gasteiger partial charge in [-0.15, -0.1) is 0 Å². The lowest BCUT2D eigenvalue weighted by atomic mass is 9.75. The number of halogens is 1. The van der Waals surface area contributed by atoms with Crippen molar-refractivity contribution in [2.24, 2.45) is 11.8 Å². The maximum Gasteiger partial charge on any atom is 0.250 e. The second-order valence-electron chi connectivity index (χ2n) is 8.16. The van der Waals surface area contributed by atoms with E-state index in [9.17, 15) is 14.4 Å². The summed E-state index contributed by atoms with van der Waals surface area (Å²) in [5, 5.41) is 3.51. The van der Waals surface area contributed by atoms with E-state index in [2.05, 4.69) is 10.2 Å². The molecule has 0 unspecified atom stereocenters. The van der Waals surface area contributed by atoms with Crippen LogP contribution in [0.4, 0.5) is 11.4 Å². The Hall–Kier alpha value is -2.70. The van der Waals surface area contributed by atoms with Crippen molar-refractivity contribution >= 4 is 40.7 Å². The Morgan fingerprint density at radius 1 is 1.00 bits per heavy atom. The van der Waals surface area contributed by atoms with Crippen molar-refractivity contribution in [3.8, 4) is 0 Å². The summed E-state index contributed by atoms with van der Waals surface area (Å²) in [7, 11) is 0. The first kappa shape index (κ1) is 17.2. The van der Waals surface area contributed by atoms with Crippen molar-refractivity contribution in [2.75, 3.05) is 16.8 Å². The number of nitrogens with zero attached hydrogens (tertiary/aromatic N) is 2. The van der Waals surface area contributed by atoms with Gasteiger partial charge in [-0.2, -0.15) is 0 Å². The zero-order valence-corrected chi connectivity index (χ0v) is 16.2. The van der Waals surface area contributed by atoms with E-state index in [1.165, 1.54) is 4.90 Å². The predicted octanol–water partition coefficient (Wildman–Crippen LogP) is 2.77. The number of carbonyl (C=O) groups excluding carboxylic acids is 3. The van der Waals surface area contributed by atoms with Crippen LogP contribution < -0.4 is 10.2 Å². The molecular formula is C22H18ClN3O3. The Kier molecular flexibility index (Phi) is 3.36. The average molecular weight is 408 g/mol. The highest BCUT2D eigenvalue weighted by molar-refractivity contribution is 6.31. The van der Waals surface area contributed by atoms with Crippen LogP contribution in [0.5, 0.6) is 0 Å². The summed E-state index contributed by atoms with van der Waals surface area (Å²) >= 11 is 5.99. The molecule has 0 bridgehead atoms. The Morgan fingerprint density at radius 2 is 1.76 bits per heavy atom. The molecule has 3 fully saturated rings. The molecule has 146 valence electrons. The fraction of sp³-hybridized carbons (Fsp3) is 0.318. The molecular weight excluding hydrogens is 390 g/mol. The van der Waals surface area contributed by atoms with Gasteiger partial charge < -0.3 is 5.32 Å². The number of imide groups is 1. The average Bonchev–Trinajstić information content (AvgIpc) is 3.41. The second-order valence-corrected chi connectivity index (χ2v) is 8.60. The normalized spacial score (nSPS) is 32.7. The van der Waals surface area contributed by atoms with Crippen LogP contribution in [0.2, 0.25) is 5.02 Å². The number of benzene rings is 2. The number of hydrogen-bond donors (Lipinski definition) is 1. The summed E-state index contributed by atoms with van der Waals surface area (Å²) in [6, 6.07) is 14.1. The first-order valence-electron chi connectivity index (χ1n) is 9.86. The molecule has 4 aliphatic rings. The van der Waals surface area contributed by atoms with E-state index in [-0.39, 0.29) is 23.8 Å². The summed E-state index contributed by atoms with van der Waals surface area (Å²) in [5.41, 5.74) is 0.929. The largest absolute Gasteiger partial charge is 0.324 e. The van der Waals surface area contributed by atoms with E-state index in [0.717, 1.165) is 24.1 Å². The summed E-state index contributed by atoms with van der Waals surface area (Å²) in [5.74, 6) is -1.95. The van der Waals surface area contributed by atoms with Gasteiger partial charge in [-0.1, -0.05) is 29.8 Å². The zero-order valence-electron chi connectivity index (χ0n) is 15.5. The summed E-state index contributed by atoms with van der Waals surface area (Å²) < 4.78 is 0. The second kappa shape index (κ2) is 5.68. The van der Waals surface area contributed by atoms with Crippen LogP contribution in [-0.4, -0.2) is 35.2 Å². The molecule has 1 N–H and O–H groups in total. The van der Waals surface area contributed by atoms with Gasteiger partial charge in [0.05, 0.1) is 17.5 Å². The highest BCUT2D eigenvalue weighted by Crippen LogP contribution is 2.60. The van der Waals surface area contributed by atoms with E-state index in [1.807, 2.05) is 24.3 Å². The van der Waals surface area contributed by atoms with Crippen LogP contribution in [0.25, 0.3) is 0 Å². The Morgan fingerprint density at radius 3 is 2.55 bits per heavy atom. The molecule has 4 heterocycles. The number of nitrogens with one attached hydrogen (secondary N) is 1. The standard InChI is InChI=1S/C22H18ClN3O3/c23-12-7-9-13(10-8-12)26-19(27)17-16-6-3-11-25(16)22(18(17)20(26)28)14-4-1-2-5-15(14)24-21(22)29/h1-2,4-5,7-10,16-18H,3,6,11H2,(H,24,29)/t16-,17+,18+,22+/m0/s1. The molecule has 0 saturated carbocycles. The Bertz CT molecular complexity index is 1080. The maximum atomic E-state index is 13.7. The van der Waals surface area contributed by atoms with Crippen molar-refractivity contribution in [3.63, 3.8) is 0 Å². The fourth-order valence-electron chi connectivity index (χ4n) is 6.00. The van der Waals surface area contributed by atoms with E-state index in [4.69, 9.17) is 11.6 Å². The molecule has 3 amide bonds. The third-order valence-electron chi connectivity index (χ3n) is 6.98. The van der Waals surface area contributed by atoms with E-state index < -0.39 is 17.4 Å². The molecule has 2 aromatic rings. The van der Waals surface area contributed by atoms with Gasteiger partial charge >= 0.3 is 0 Å². The zero-order chi connectivity index (χ0) is 19.9. The molecule has 2 aromatic carbocycles. The van der Waals surface area contributed by atoms with Crippen LogP contribution >= 0.6 is 11.6 Å². The van der Waals surface area contributed by atoms with E-state index in [0.29, 0.717) is 17.3 Å². The van der Waals surface area contributed by atoms with Crippen LogP contribution in [0.15, 0.2) is 48.5 Å². The molecule has 1 spiro atoms. The maximum absolute atomic E-state index is 13.7. The number of rotatable bonds is 1. The molecule has 4 atom stereocenters. The van der Waals surface area contributed by atoms with Crippen LogP contribution in [-0.2, 0) is 19.9 Å². The molecule has 6 nitrogen and oxygen atoms in total. The smallest absolute Gasteiger partial charge is 0.250 e. The van der Waals surface area contributed by atoms with Gasteiger partial charge in [-0.05, 0) is 49.7 Å². The number of hydrogen-bond acceptors (Lipinski definition) is 4. The lowest BCUT2D eigenvalue weighted by Gasteiger charge is -2.36. The monoisotopic (exact) mass is 407 g/mol. The topological polar surface area (TPSA) is 69.7 Å². The van der Waals surface area contributed by atoms with Gasteiger partial charge in [0.2, 0.25) is 17.7 Å². The van der Waals surface area contributed by atoms with Crippen molar-refractivity contribution < 1.29 is 14.4 Å². The highest BCUT2D eigenvalue weighted by Gasteiger charge is 2.74. The van der Waals surface area contributed by atoms with Gasteiger partial charge in [0.15, 0.2) is 0 Å². The van der Waals surface area contributed by atoms with Crippen molar-refractivity contribution in [2.45, 2.75) is 24.4 Å². The first-order chi connectivity index (χ1) is 14.0. The van der Waals surface area contributed by atoms with Gasteiger partial charge in [-0.3, -0.25) is 19.3 Å². The number of para-hydroxylation sites is 1. The molecule has 29 heavy (non-hydrogen) atoms. The molecule has 4 aliphatic heterocycles.